The van der Waals surface area contributed by atoms with Crippen molar-refractivity contribution in [3.63, 3.8) is 0 Å². The third kappa shape index (κ3) is 2.44. The molecule has 1 aromatic carbocycles. The summed E-state index contributed by atoms with van der Waals surface area (Å²) in [5, 5.41) is 10.9. The highest BCUT2D eigenvalue weighted by molar-refractivity contribution is 5.92. The van der Waals surface area contributed by atoms with Crippen molar-refractivity contribution in [3.05, 3.63) is 40.2 Å². The Morgan fingerprint density at radius 3 is 2.50 bits per heavy atom. The van der Waals surface area contributed by atoms with Gasteiger partial charge in [0.05, 0.1) is 12.7 Å². The molecule has 0 unspecified atom stereocenters. The van der Waals surface area contributed by atoms with Gasteiger partial charge >= 0.3 is 5.63 Å². The van der Waals surface area contributed by atoms with Crippen LogP contribution >= 0.6 is 0 Å². The molecular formula is C15H16O5. The largest absolute Gasteiger partial charge is 0.496 e. The zero-order valence-corrected chi connectivity index (χ0v) is 11.5. The Morgan fingerprint density at radius 2 is 1.90 bits per heavy atom. The van der Waals surface area contributed by atoms with Gasteiger partial charge in [0.1, 0.15) is 17.4 Å². The minimum absolute atomic E-state index is 0.179. The average Bonchev–Trinajstić information content (AvgIpc) is 2.44. The Hall–Kier alpha value is -2.14. The molecule has 1 N–H and O–H groups in total. The first-order valence-corrected chi connectivity index (χ1v) is 6.28. The van der Waals surface area contributed by atoms with Crippen LogP contribution in [0.5, 0.6) is 5.75 Å². The molecular weight excluding hydrogens is 260 g/mol. The second-order valence-corrected chi connectivity index (χ2v) is 4.81. The average molecular weight is 276 g/mol. The molecule has 5 nitrogen and oxygen atoms in total. The lowest BCUT2D eigenvalue weighted by Crippen LogP contribution is -2.19. The fourth-order valence-electron chi connectivity index (χ4n) is 2.03. The number of hydrogen-bond donors (Lipinski definition) is 1. The molecule has 0 radical (unpaired) electrons. The second kappa shape index (κ2) is 5.46. The Labute approximate surface area is 115 Å². The molecule has 0 aliphatic rings. The van der Waals surface area contributed by atoms with E-state index in [2.05, 4.69) is 0 Å². The topological polar surface area (TPSA) is 76.7 Å². The van der Waals surface area contributed by atoms with Crippen LogP contribution in [-0.2, 0) is 4.79 Å². The zero-order valence-electron chi connectivity index (χ0n) is 11.5. The van der Waals surface area contributed by atoms with E-state index in [0.717, 1.165) is 0 Å². The predicted octanol–water partition coefficient (Wildman–Crippen LogP) is 2.06. The van der Waals surface area contributed by atoms with Crippen molar-refractivity contribution in [1.29, 1.82) is 0 Å². The minimum atomic E-state index is -1.39. The standard InChI is InChI=1S/C15H16O5/c1-8(2)13(17)14(18)12-10(19-3)6-4-9-5-7-11(16)20-15(9)12/h4-8,14,18H,1-3H3/t14-/m0/s1. The summed E-state index contributed by atoms with van der Waals surface area (Å²) in [6.07, 6.45) is -1.39. The lowest BCUT2D eigenvalue weighted by molar-refractivity contribution is -0.130. The first-order valence-electron chi connectivity index (χ1n) is 6.28. The van der Waals surface area contributed by atoms with Crippen molar-refractivity contribution in [2.45, 2.75) is 20.0 Å². The van der Waals surface area contributed by atoms with Crippen LogP contribution in [0.25, 0.3) is 11.0 Å². The third-order valence-corrected chi connectivity index (χ3v) is 3.12. The summed E-state index contributed by atoms with van der Waals surface area (Å²) in [5.74, 6) is -0.393. The molecule has 0 bridgehead atoms. The number of ketones is 1. The summed E-state index contributed by atoms with van der Waals surface area (Å²) in [6, 6.07) is 6.20. The molecule has 1 heterocycles. The molecule has 0 amide bonds. The van der Waals surface area contributed by atoms with Gasteiger partial charge in [-0.25, -0.2) is 4.79 Å². The van der Waals surface area contributed by atoms with Gasteiger partial charge in [0.25, 0.3) is 0 Å². The van der Waals surface area contributed by atoms with Crippen LogP contribution in [0.2, 0.25) is 0 Å². The fourth-order valence-corrected chi connectivity index (χ4v) is 2.03. The Bertz CT molecular complexity index is 699. The number of Topliss-reactive ketones (excluding diaryl/α,β-unsaturated/α-hetero) is 1. The van der Waals surface area contributed by atoms with E-state index in [9.17, 15) is 14.7 Å². The van der Waals surface area contributed by atoms with Crippen molar-refractivity contribution in [1.82, 2.24) is 0 Å². The molecule has 0 saturated heterocycles. The summed E-state index contributed by atoms with van der Waals surface area (Å²) in [4.78, 5) is 23.4. The van der Waals surface area contributed by atoms with Crippen LogP contribution in [-0.4, -0.2) is 18.0 Å². The number of rotatable bonds is 4. The molecule has 0 spiro atoms. The first kappa shape index (κ1) is 14.3. The molecule has 0 aliphatic heterocycles. The Morgan fingerprint density at radius 1 is 1.25 bits per heavy atom. The maximum absolute atomic E-state index is 12.0. The summed E-state index contributed by atoms with van der Waals surface area (Å²) in [6.45, 7) is 3.39. The van der Waals surface area contributed by atoms with Crippen molar-refractivity contribution in [2.24, 2.45) is 5.92 Å². The molecule has 2 aromatic rings. The van der Waals surface area contributed by atoms with Crippen LogP contribution in [0, 0.1) is 5.92 Å². The smallest absolute Gasteiger partial charge is 0.336 e. The number of benzene rings is 1. The van der Waals surface area contributed by atoms with Crippen molar-refractivity contribution in [2.75, 3.05) is 7.11 Å². The number of methoxy groups -OCH3 is 1. The zero-order chi connectivity index (χ0) is 14.9. The van der Waals surface area contributed by atoms with E-state index in [1.165, 1.54) is 13.2 Å². The lowest BCUT2D eigenvalue weighted by atomic mass is 9.95. The normalized spacial score (nSPS) is 12.7. The summed E-state index contributed by atoms with van der Waals surface area (Å²) < 4.78 is 10.3. The molecule has 1 aromatic heterocycles. The quantitative estimate of drug-likeness (QED) is 0.865. The van der Waals surface area contributed by atoms with E-state index in [1.54, 1.807) is 32.0 Å². The van der Waals surface area contributed by atoms with Crippen molar-refractivity contribution in [3.8, 4) is 5.75 Å². The van der Waals surface area contributed by atoms with Gasteiger partial charge in [0.15, 0.2) is 5.78 Å². The maximum Gasteiger partial charge on any atom is 0.336 e. The maximum atomic E-state index is 12.0. The first-order chi connectivity index (χ1) is 9.45. The molecule has 1 atom stereocenters. The van der Waals surface area contributed by atoms with Gasteiger partial charge < -0.3 is 14.3 Å². The van der Waals surface area contributed by atoms with Crippen molar-refractivity contribution >= 4 is 16.8 Å². The predicted molar refractivity (Wildman–Crippen MR) is 73.8 cm³/mol. The minimum Gasteiger partial charge on any atom is -0.496 e. The van der Waals surface area contributed by atoms with E-state index in [-0.39, 0.29) is 22.8 Å². The van der Waals surface area contributed by atoms with Crippen LogP contribution in [0.1, 0.15) is 25.5 Å². The second-order valence-electron chi connectivity index (χ2n) is 4.81. The number of fused-ring (bicyclic) bond motifs is 1. The Kier molecular flexibility index (Phi) is 3.90. The van der Waals surface area contributed by atoms with Crippen LogP contribution in [0.15, 0.2) is 33.5 Å². The van der Waals surface area contributed by atoms with Crippen LogP contribution < -0.4 is 10.4 Å². The number of aliphatic hydroxyl groups excluding tert-OH is 1. The highest BCUT2D eigenvalue weighted by atomic mass is 16.5. The van der Waals surface area contributed by atoms with E-state index in [0.29, 0.717) is 11.1 Å². The van der Waals surface area contributed by atoms with Gasteiger partial charge in [-0.15, -0.1) is 0 Å². The lowest BCUT2D eigenvalue weighted by Gasteiger charge is -2.16. The van der Waals surface area contributed by atoms with Crippen molar-refractivity contribution < 1.29 is 19.1 Å². The highest BCUT2D eigenvalue weighted by Gasteiger charge is 2.27. The summed E-state index contributed by atoms with van der Waals surface area (Å²) in [5.41, 5.74) is -0.170. The van der Waals surface area contributed by atoms with E-state index >= 15 is 0 Å². The van der Waals surface area contributed by atoms with Crippen LogP contribution in [0.4, 0.5) is 0 Å². The monoisotopic (exact) mass is 276 g/mol. The Balaban J connectivity index is 2.73. The molecule has 20 heavy (non-hydrogen) atoms. The fraction of sp³-hybridized carbons (Fsp3) is 0.333. The number of carbonyl (C=O) groups is 1. The van der Waals surface area contributed by atoms with Gasteiger partial charge in [-0.05, 0) is 18.2 Å². The summed E-state index contributed by atoms with van der Waals surface area (Å²) in [7, 11) is 1.43. The SMILES string of the molecule is COc1ccc2ccc(=O)oc2c1[C@H](O)C(=O)C(C)C. The van der Waals surface area contributed by atoms with E-state index < -0.39 is 11.7 Å². The number of hydrogen-bond acceptors (Lipinski definition) is 5. The van der Waals surface area contributed by atoms with Gasteiger partial charge in [0, 0.05) is 17.4 Å². The molecule has 2 rings (SSSR count). The van der Waals surface area contributed by atoms with E-state index in [4.69, 9.17) is 9.15 Å². The van der Waals surface area contributed by atoms with Gasteiger partial charge in [-0.3, -0.25) is 4.79 Å². The third-order valence-electron chi connectivity index (χ3n) is 3.12. The van der Waals surface area contributed by atoms with Crippen LogP contribution in [0.3, 0.4) is 0 Å². The molecule has 0 fully saturated rings. The molecule has 0 aliphatic carbocycles. The van der Waals surface area contributed by atoms with Gasteiger partial charge in [0.2, 0.25) is 0 Å². The highest BCUT2D eigenvalue weighted by Crippen LogP contribution is 2.33. The molecule has 5 heteroatoms. The number of aliphatic hydroxyl groups is 1. The number of carbonyl (C=O) groups excluding carboxylic acids is 1. The molecule has 0 saturated carbocycles. The number of ether oxygens (including phenoxy) is 1. The molecule has 106 valence electrons. The van der Waals surface area contributed by atoms with Gasteiger partial charge in [-0.1, -0.05) is 13.8 Å². The summed E-state index contributed by atoms with van der Waals surface area (Å²) >= 11 is 0. The van der Waals surface area contributed by atoms with Gasteiger partial charge in [-0.2, -0.15) is 0 Å². The van der Waals surface area contributed by atoms with E-state index in [1.807, 2.05) is 0 Å².